The molecule has 0 bridgehead atoms. The van der Waals surface area contributed by atoms with Crippen molar-refractivity contribution in [3.8, 4) is 0 Å². The van der Waals surface area contributed by atoms with Crippen LogP contribution in [0.5, 0.6) is 0 Å². The van der Waals surface area contributed by atoms with Crippen molar-refractivity contribution in [2.45, 2.75) is 3.98 Å². The van der Waals surface area contributed by atoms with Crippen LogP contribution in [0.1, 0.15) is 5.56 Å². The second-order valence-electron chi connectivity index (χ2n) is 6.81. The van der Waals surface area contributed by atoms with Crippen LogP contribution in [0, 0.1) is 0 Å². The van der Waals surface area contributed by atoms with Crippen LogP contribution in [0.15, 0.2) is 120 Å². The Morgan fingerprint density at radius 3 is 1.22 bits per heavy atom. The van der Waals surface area contributed by atoms with E-state index in [1.54, 1.807) is 0 Å². The summed E-state index contributed by atoms with van der Waals surface area (Å²) in [6.07, 6.45) is 0. The molecule has 0 heterocycles. The van der Waals surface area contributed by atoms with Gasteiger partial charge in [0.25, 0.3) is 0 Å². The Hall–Kier alpha value is -1.72. The van der Waals surface area contributed by atoms with Crippen molar-refractivity contribution >= 4 is 46.5 Å². The summed E-state index contributed by atoms with van der Waals surface area (Å²) < 4.78 is 6.85. The Bertz CT molecular complexity index is 884. The van der Waals surface area contributed by atoms with E-state index in [1.807, 2.05) is 0 Å². The van der Waals surface area contributed by atoms with Gasteiger partial charge in [0.1, 0.15) is 0 Å². The molecule has 132 valence electrons. The molecule has 0 spiro atoms. The molecule has 0 aromatic heterocycles. The van der Waals surface area contributed by atoms with Crippen LogP contribution in [-0.4, -0.2) is 21.2 Å². The van der Waals surface area contributed by atoms with E-state index in [0.29, 0.717) is 0 Å². The summed E-state index contributed by atoms with van der Waals surface area (Å²) in [5.74, 6) is 0. The first-order valence-corrected chi connectivity index (χ1v) is 18.6. The summed E-state index contributed by atoms with van der Waals surface area (Å²) in [5.41, 5.74) is 1.41. The number of halogens is 1. The van der Waals surface area contributed by atoms with Crippen LogP contribution in [0.2, 0.25) is 0 Å². The van der Waals surface area contributed by atoms with Gasteiger partial charge >= 0.3 is 176 Å². The normalized spacial score (nSPS) is 11.3. The third-order valence-corrected chi connectivity index (χ3v) is 24.7. The minimum atomic E-state index is -3.37. The fourth-order valence-electron chi connectivity index (χ4n) is 3.88. The molecule has 0 N–H and O–H groups in total. The molecule has 4 aromatic rings. The molecule has 0 atom stereocenters. The Morgan fingerprint density at radius 2 is 0.852 bits per heavy atom. The third-order valence-electron chi connectivity index (χ3n) is 5.18. The molecule has 2 heteroatoms. The van der Waals surface area contributed by atoms with Gasteiger partial charge in [-0.05, 0) is 0 Å². The van der Waals surface area contributed by atoms with Crippen LogP contribution in [0.3, 0.4) is 0 Å². The quantitative estimate of drug-likeness (QED) is 0.289. The predicted octanol–water partition coefficient (Wildman–Crippen LogP) is 4.70. The Kier molecular flexibility index (Phi) is 5.89. The summed E-state index contributed by atoms with van der Waals surface area (Å²) in [6, 6.07) is 42.5. The van der Waals surface area contributed by atoms with Crippen LogP contribution in [-0.2, 0) is 3.98 Å². The van der Waals surface area contributed by atoms with Gasteiger partial charge < -0.3 is 0 Å². The molecule has 0 saturated heterocycles. The van der Waals surface area contributed by atoms with E-state index in [4.69, 9.17) is 0 Å². The Balaban J connectivity index is 1.98. The van der Waals surface area contributed by atoms with Crippen molar-refractivity contribution in [1.82, 2.24) is 0 Å². The third kappa shape index (κ3) is 3.94. The van der Waals surface area contributed by atoms with Gasteiger partial charge in [0.15, 0.2) is 0 Å². The van der Waals surface area contributed by atoms with E-state index >= 15 is 0 Å². The second-order valence-corrected chi connectivity index (χ2v) is 22.9. The van der Waals surface area contributed by atoms with Gasteiger partial charge in [-0.2, -0.15) is 0 Å². The Morgan fingerprint density at radius 1 is 0.481 bits per heavy atom. The predicted molar refractivity (Wildman–Crippen MR) is 122 cm³/mol. The molecule has 0 unspecified atom stereocenters. The maximum absolute atomic E-state index is 3.58. The summed E-state index contributed by atoms with van der Waals surface area (Å²) in [5, 5.41) is 0. The maximum atomic E-state index is 3.58. The number of benzene rings is 4. The van der Waals surface area contributed by atoms with Crippen LogP contribution in [0.4, 0.5) is 0 Å². The first kappa shape index (κ1) is 18.6. The average Bonchev–Trinajstić information content (AvgIpc) is 2.75. The van der Waals surface area contributed by atoms with E-state index in [0.717, 1.165) is 8.45 Å². The molecule has 0 amide bonds. The van der Waals surface area contributed by atoms with Gasteiger partial charge in [0.2, 0.25) is 0 Å². The van der Waals surface area contributed by atoms with Gasteiger partial charge in [-0.1, -0.05) is 0 Å². The van der Waals surface area contributed by atoms with Crippen LogP contribution < -0.4 is 9.37 Å². The monoisotopic (exact) mass is 608 g/mol. The van der Waals surface area contributed by atoms with Gasteiger partial charge in [-0.15, -0.1) is 0 Å². The fraction of sp³-hybridized carbons (Fsp3) is 0.0400. The zero-order valence-electron chi connectivity index (χ0n) is 15.1. The van der Waals surface area contributed by atoms with E-state index < -0.39 is 21.2 Å². The molecular formula is C25H21BrPb. The summed E-state index contributed by atoms with van der Waals surface area (Å²) in [6.45, 7) is 0. The van der Waals surface area contributed by atoms with Crippen molar-refractivity contribution < 1.29 is 0 Å². The average molecular weight is 609 g/mol. The minimum absolute atomic E-state index is 1.12. The first-order chi connectivity index (χ1) is 13.3. The van der Waals surface area contributed by atoms with Gasteiger partial charge in [-0.25, -0.2) is 0 Å². The summed E-state index contributed by atoms with van der Waals surface area (Å²) in [7, 11) is 0. The fourth-order valence-corrected chi connectivity index (χ4v) is 22.6. The number of rotatable bonds is 5. The number of hydrogen-bond acceptors (Lipinski definition) is 0. The molecule has 27 heavy (non-hydrogen) atoms. The van der Waals surface area contributed by atoms with Crippen LogP contribution in [0.25, 0.3) is 0 Å². The van der Waals surface area contributed by atoms with Crippen molar-refractivity contribution in [2.24, 2.45) is 0 Å². The van der Waals surface area contributed by atoms with Gasteiger partial charge in [0.05, 0.1) is 0 Å². The molecule has 0 saturated carbocycles. The topological polar surface area (TPSA) is 0 Å². The zero-order valence-corrected chi connectivity index (χ0v) is 20.5. The van der Waals surface area contributed by atoms with E-state index in [-0.39, 0.29) is 0 Å². The Labute approximate surface area is 174 Å². The standard InChI is InChI=1S/C7H6Br.3C6H5.Pb/c1-6-2-4-7(8)5-3-6;3*1-2-4-6-5-3-1;/h2-5H,1H2;3*1-5H;. The van der Waals surface area contributed by atoms with Gasteiger partial charge in [0, 0.05) is 0 Å². The molecular weight excluding hydrogens is 587 g/mol. The molecule has 4 aromatic carbocycles. The van der Waals surface area contributed by atoms with Gasteiger partial charge in [-0.3, -0.25) is 0 Å². The molecule has 4 rings (SSSR count). The second kappa shape index (κ2) is 8.53. The first-order valence-electron chi connectivity index (χ1n) is 9.20. The van der Waals surface area contributed by atoms with Crippen molar-refractivity contribution in [2.75, 3.05) is 0 Å². The molecule has 0 radical (unpaired) electrons. The molecule has 0 aliphatic heterocycles. The molecule has 0 nitrogen and oxygen atoms in total. The van der Waals surface area contributed by atoms with Crippen molar-refractivity contribution in [3.05, 3.63) is 125 Å². The number of hydrogen-bond donors (Lipinski definition) is 0. The van der Waals surface area contributed by atoms with E-state index in [9.17, 15) is 0 Å². The summed E-state index contributed by atoms with van der Waals surface area (Å²) >= 11 is 0.205. The SMILES string of the molecule is Brc1ccc([CH2][Pb]([c]2ccccc2)([c]2ccccc2)[c]2ccccc2)cc1. The van der Waals surface area contributed by atoms with E-state index in [2.05, 4.69) is 131 Å². The van der Waals surface area contributed by atoms with Crippen molar-refractivity contribution in [3.63, 3.8) is 0 Å². The van der Waals surface area contributed by atoms with E-state index in [1.165, 1.54) is 14.9 Å². The molecule has 0 aliphatic carbocycles. The molecule has 0 aliphatic rings. The van der Waals surface area contributed by atoms with Crippen molar-refractivity contribution in [1.29, 1.82) is 0 Å². The summed E-state index contributed by atoms with van der Waals surface area (Å²) in [4.78, 5) is 0. The zero-order chi connectivity index (χ0) is 18.5. The molecule has 0 fully saturated rings. The van der Waals surface area contributed by atoms with Crippen LogP contribution >= 0.6 is 15.9 Å².